The summed E-state index contributed by atoms with van der Waals surface area (Å²) in [4.78, 5) is 25.6. The maximum absolute atomic E-state index is 14.1. The van der Waals surface area contributed by atoms with Crippen LogP contribution in [-0.4, -0.2) is 39.7 Å². The Morgan fingerprint density at radius 1 is 1.14 bits per heavy atom. The van der Waals surface area contributed by atoms with Gasteiger partial charge in [-0.15, -0.1) is 0 Å². The van der Waals surface area contributed by atoms with Gasteiger partial charge in [-0.05, 0) is 44.0 Å². The molecule has 9 nitrogen and oxygen atoms in total. The smallest absolute Gasteiger partial charge is 0.342 e. The number of hydrogen-bond donors (Lipinski definition) is 2. The van der Waals surface area contributed by atoms with Gasteiger partial charge < -0.3 is 20.9 Å². The summed E-state index contributed by atoms with van der Waals surface area (Å²) in [6.45, 7) is 5.46. The Morgan fingerprint density at radius 2 is 1.86 bits per heavy atom. The van der Waals surface area contributed by atoms with Crippen LogP contribution in [0.4, 0.5) is 14.6 Å². The predicted octanol–water partition coefficient (Wildman–Crippen LogP) is 4.18. The summed E-state index contributed by atoms with van der Waals surface area (Å²) in [7, 11) is 2.73. The molecule has 3 aromatic heterocycles. The van der Waals surface area contributed by atoms with E-state index < -0.39 is 18.2 Å². The van der Waals surface area contributed by atoms with Gasteiger partial charge in [0.1, 0.15) is 17.1 Å². The summed E-state index contributed by atoms with van der Waals surface area (Å²) in [5, 5.41) is 0.172. The SMILES string of the molecule is COC(=O)c1c(N)n(-c2c(C)ccc(OC)c2C)c2nc(C(F)F)nc(-c3ccnc(C)c3CN)c12. The van der Waals surface area contributed by atoms with Gasteiger partial charge in [0.25, 0.3) is 6.43 Å². The average Bonchev–Trinajstić information content (AvgIpc) is 3.14. The number of carbonyl (C=O) groups is 1. The van der Waals surface area contributed by atoms with Crippen molar-refractivity contribution in [2.24, 2.45) is 5.73 Å². The van der Waals surface area contributed by atoms with Crippen molar-refractivity contribution in [2.45, 2.75) is 33.7 Å². The Hall–Kier alpha value is -4.12. The number of hydrogen-bond acceptors (Lipinski definition) is 8. The average molecular weight is 497 g/mol. The van der Waals surface area contributed by atoms with Gasteiger partial charge >= 0.3 is 5.97 Å². The molecule has 36 heavy (non-hydrogen) atoms. The molecule has 4 aromatic rings. The number of benzene rings is 1. The molecule has 188 valence electrons. The van der Waals surface area contributed by atoms with E-state index in [0.29, 0.717) is 33.8 Å². The number of alkyl halides is 2. The van der Waals surface area contributed by atoms with E-state index in [9.17, 15) is 13.6 Å². The van der Waals surface area contributed by atoms with Gasteiger partial charge in [0.2, 0.25) is 0 Å². The highest BCUT2D eigenvalue weighted by Gasteiger charge is 2.31. The number of ether oxygens (including phenoxy) is 2. The lowest BCUT2D eigenvalue weighted by atomic mass is 10.00. The molecule has 0 aliphatic heterocycles. The molecule has 3 heterocycles. The summed E-state index contributed by atoms with van der Waals surface area (Å²) in [6, 6.07) is 5.21. The minimum Gasteiger partial charge on any atom is -0.496 e. The molecule has 0 fully saturated rings. The zero-order valence-electron chi connectivity index (χ0n) is 20.5. The van der Waals surface area contributed by atoms with E-state index in [0.717, 1.165) is 5.56 Å². The van der Waals surface area contributed by atoms with Gasteiger partial charge in [0.15, 0.2) is 11.5 Å². The van der Waals surface area contributed by atoms with Crippen molar-refractivity contribution in [3.8, 4) is 22.7 Å². The number of nitrogens with two attached hydrogens (primary N) is 2. The highest BCUT2D eigenvalue weighted by Crippen LogP contribution is 2.41. The number of carbonyl (C=O) groups excluding carboxylic acids is 1. The van der Waals surface area contributed by atoms with E-state index in [2.05, 4.69) is 15.0 Å². The van der Waals surface area contributed by atoms with Gasteiger partial charge in [-0.2, -0.15) is 0 Å². The standard InChI is InChI=1S/C25H26F2N6O3/c1-11-6-7-16(35-4)12(2)20(11)33-22(29)18(25(34)36-5)17-19(31-23(21(26)27)32-24(17)33)14-8-9-30-13(3)15(14)10-28/h6-9,21H,10,28-29H2,1-5H3. The fourth-order valence-corrected chi connectivity index (χ4v) is 4.50. The van der Waals surface area contributed by atoms with Crippen molar-refractivity contribution in [1.29, 1.82) is 0 Å². The molecule has 0 atom stereocenters. The molecule has 0 spiro atoms. The Bertz CT molecular complexity index is 1500. The second-order valence-corrected chi connectivity index (χ2v) is 8.20. The predicted molar refractivity (Wildman–Crippen MR) is 131 cm³/mol. The van der Waals surface area contributed by atoms with E-state index >= 15 is 0 Å². The summed E-state index contributed by atoms with van der Waals surface area (Å²) in [5.74, 6) is -0.958. The molecule has 0 saturated carbocycles. The van der Waals surface area contributed by atoms with Gasteiger partial charge in [0.05, 0.1) is 31.0 Å². The number of nitrogens with zero attached hydrogens (tertiary/aromatic N) is 4. The third-order valence-corrected chi connectivity index (χ3v) is 6.21. The maximum atomic E-state index is 14.1. The minimum atomic E-state index is -2.99. The quantitative estimate of drug-likeness (QED) is 0.380. The molecular formula is C25H26F2N6O3. The summed E-state index contributed by atoms with van der Waals surface area (Å²) >= 11 is 0. The Labute approximate surface area is 206 Å². The van der Waals surface area contributed by atoms with E-state index in [1.54, 1.807) is 32.0 Å². The maximum Gasteiger partial charge on any atom is 0.342 e. The topological polar surface area (TPSA) is 131 Å². The van der Waals surface area contributed by atoms with Gasteiger partial charge in [0, 0.05) is 29.6 Å². The first-order valence-electron chi connectivity index (χ1n) is 11.0. The number of rotatable bonds is 6. The Balaban J connectivity index is 2.28. The van der Waals surface area contributed by atoms with Crippen LogP contribution in [-0.2, 0) is 11.3 Å². The first-order valence-corrected chi connectivity index (χ1v) is 11.0. The molecule has 11 heteroatoms. The first kappa shape index (κ1) is 25.0. The third kappa shape index (κ3) is 3.81. The number of nitrogen functional groups attached to an aromatic ring is 1. The monoisotopic (exact) mass is 496 g/mol. The number of methoxy groups -OCH3 is 2. The van der Waals surface area contributed by atoms with Crippen LogP contribution in [0.5, 0.6) is 5.75 Å². The fourth-order valence-electron chi connectivity index (χ4n) is 4.50. The Kier molecular flexibility index (Phi) is 6.59. The van der Waals surface area contributed by atoms with E-state index in [1.807, 2.05) is 6.92 Å². The second-order valence-electron chi connectivity index (χ2n) is 8.20. The number of esters is 1. The highest BCUT2D eigenvalue weighted by atomic mass is 19.3. The van der Waals surface area contributed by atoms with Crippen molar-refractivity contribution in [1.82, 2.24) is 19.5 Å². The summed E-state index contributed by atoms with van der Waals surface area (Å²) in [5.41, 5.74) is 16.2. The molecule has 0 radical (unpaired) electrons. The minimum absolute atomic E-state index is 0.0293. The molecule has 0 aliphatic rings. The number of aryl methyl sites for hydroxylation is 2. The zero-order chi connectivity index (χ0) is 26.3. The zero-order valence-corrected chi connectivity index (χ0v) is 20.5. The number of anilines is 1. The molecule has 0 bridgehead atoms. The lowest BCUT2D eigenvalue weighted by Gasteiger charge is -2.17. The number of fused-ring (bicyclic) bond motifs is 1. The highest BCUT2D eigenvalue weighted by molar-refractivity contribution is 6.13. The Morgan fingerprint density at radius 3 is 2.47 bits per heavy atom. The van der Waals surface area contributed by atoms with Crippen molar-refractivity contribution >= 4 is 22.8 Å². The molecule has 0 aliphatic carbocycles. The molecule has 0 saturated heterocycles. The number of aromatic nitrogens is 4. The molecule has 4 N–H and O–H groups in total. The summed E-state index contributed by atoms with van der Waals surface area (Å²) < 4.78 is 40.1. The normalized spacial score (nSPS) is 11.4. The third-order valence-electron chi connectivity index (χ3n) is 6.21. The molecule has 0 unspecified atom stereocenters. The van der Waals surface area contributed by atoms with E-state index in [1.165, 1.54) is 25.0 Å². The van der Waals surface area contributed by atoms with Crippen molar-refractivity contribution in [3.05, 3.63) is 58.2 Å². The first-order chi connectivity index (χ1) is 17.2. The van der Waals surface area contributed by atoms with Crippen LogP contribution in [0.3, 0.4) is 0 Å². The van der Waals surface area contributed by atoms with Crippen molar-refractivity contribution in [3.63, 3.8) is 0 Å². The number of halogens is 2. The van der Waals surface area contributed by atoms with Crippen LogP contribution in [0.25, 0.3) is 28.0 Å². The van der Waals surface area contributed by atoms with Crippen molar-refractivity contribution in [2.75, 3.05) is 20.0 Å². The van der Waals surface area contributed by atoms with E-state index in [-0.39, 0.29) is 34.7 Å². The van der Waals surface area contributed by atoms with Gasteiger partial charge in [-0.3, -0.25) is 9.55 Å². The van der Waals surface area contributed by atoms with Crippen LogP contribution in [0, 0.1) is 20.8 Å². The van der Waals surface area contributed by atoms with Crippen molar-refractivity contribution < 1.29 is 23.0 Å². The largest absolute Gasteiger partial charge is 0.496 e. The lowest BCUT2D eigenvalue weighted by molar-refractivity contribution is 0.0604. The van der Waals surface area contributed by atoms with Crippen LogP contribution >= 0.6 is 0 Å². The molecule has 4 rings (SSSR count). The molecular weight excluding hydrogens is 470 g/mol. The molecule has 1 aromatic carbocycles. The lowest BCUT2D eigenvalue weighted by Crippen LogP contribution is -2.09. The van der Waals surface area contributed by atoms with Gasteiger partial charge in [-0.25, -0.2) is 23.5 Å². The molecule has 0 amide bonds. The summed E-state index contributed by atoms with van der Waals surface area (Å²) in [6.07, 6.45) is -1.47. The van der Waals surface area contributed by atoms with Crippen LogP contribution in [0.2, 0.25) is 0 Å². The van der Waals surface area contributed by atoms with Crippen LogP contribution in [0.1, 0.15) is 45.0 Å². The number of pyridine rings is 1. The van der Waals surface area contributed by atoms with Crippen LogP contribution in [0.15, 0.2) is 24.4 Å². The van der Waals surface area contributed by atoms with Gasteiger partial charge in [-0.1, -0.05) is 6.07 Å². The second kappa shape index (κ2) is 9.50. The van der Waals surface area contributed by atoms with E-state index in [4.69, 9.17) is 20.9 Å². The fraction of sp³-hybridized carbons (Fsp3) is 0.280. The van der Waals surface area contributed by atoms with Crippen LogP contribution < -0.4 is 16.2 Å².